The number of halogens is 2. The number of carbonyl (C=O) groups excluding carboxylic acids is 1. The van der Waals surface area contributed by atoms with Crippen molar-refractivity contribution in [2.24, 2.45) is 0 Å². The third-order valence-electron chi connectivity index (χ3n) is 3.25. The monoisotopic (exact) mass is 337 g/mol. The second kappa shape index (κ2) is 7.97. The predicted molar refractivity (Wildman–Crippen MR) is 87.1 cm³/mol. The van der Waals surface area contributed by atoms with Crippen LogP contribution in [0.15, 0.2) is 53.4 Å². The lowest BCUT2D eigenvalue weighted by Crippen LogP contribution is -2.26. The zero-order chi connectivity index (χ0) is 16.8. The average Bonchev–Trinajstić information content (AvgIpc) is 2.55. The summed E-state index contributed by atoms with van der Waals surface area (Å²) in [6, 6.07) is 13.7. The van der Waals surface area contributed by atoms with E-state index in [0.29, 0.717) is 12.1 Å². The van der Waals surface area contributed by atoms with Crippen molar-refractivity contribution in [3.05, 3.63) is 59.7 Å². The van der Waals surface area contributed by atoms with Gasteiger partial charge in [-0.1, -0.05) is 12.1 Å². The standard InChI is InChI=1S/C17H17F2NO2S/c1-20(16(21)13-5-9-15(23-2)10-6-13)11-12-3-7-14(8-4-12)22-17(18)19/h3-10,17H,11H2,1-2H3. The molecule has 0 saturated carbocycles. The number of amides is 1. The molecular formula is C17H17F2NO2S. The molecule has 2 aromatic rings. The number of rotatable bonds is 6. The highest BCUT2D eigenvalue weighted by molar-refractivity contribution is 7.98. The maximum Gasteiger partial charge on any atom is 0.387 e. The van der Waals surface area contributed by atoms with Crippen LogP contribution < -0.4 is 4.74 Å². The smallest absolute Gasteiger partial charge is 0.387 e. The molecule has 2 aromatic carbocycles. The van der Waals surface area contributed by atoms with Gasteiger partial charge in [0.2, 0.25) is 0 Å². The number of benzene rings is 2. The van der Waals surface area contributed by atoms with Gasteiger partial charge in [0.15, 0.2) is 0 Å². The highest BCUT2D eigenvalue weighted by Gasteiger charge is 2.12. The molecule has 0 N–H and O–H groups in total. The summed E-state index contributed by atoms with van der Waals surface area (Å²) in [5, 5.41) is 0. The van der Waals surface area contributed by atoms with Crippen molar-refractivity contribution in [1.29, 1.82) is 0 Å². The van der Waals surface area contributed by atoms with Crippen molar-refractivity contribution in [2.45, 2.75) is 18.1 Å². The normalized spacial score (nSPS) is 10.7. The summed E-state index contributed by atoms with van der Waals surface area (Å²) in [4.78, 5) is 15.0. The molecular weight excluding hydrogens is 320 g/mol. The van der Waals surface area contributed by atoms with Gasteiger partial charge in [-0.05, 0) is 48.2 Å². The first-order valence-electron chi connectivity index (χ1n) is 6.93. The van der Waals surface area contributed by atoms with E-state index in [0.717, 1.165) is 10.5 Å². The Morgan fingerprint density at radius 1 is 1.13 bits per heavy atom. The number of hydrogen-bond donors (Lipinski definition) is 0. The van der Waals surface area contributed by atoms with E-state index in [1.165, 1.54) is 12.1 Å². The Kier molecular flexibility index (Phi) is 5.98. The van der Waals surface area contributed by atoms with E-state index in [2.05, 4.69) is 4.74 Å². The maximum atomic E-state index is 12.4. The van der Waals surface area contributed by atoms with Crippen molar-refractivity contribution in [1.82, 2.24) is 4.90 Å². The SMILES string of the molecule is CSc1ccc(C(=O)N(C)Cc2ccc(OC(F)F)cc2)cc1. The molecule has 1 amide bonds. The summed E-state index contributed by atoms with van der Waals surface area (Å²) >= 11 is 1.62. The Hall–Kier alpha value is -2.08. The molecule has 0 saturated heterocycles. The first kappa shape index (κ1) is 17.3. The van der Waals surface area contributed by atoms with Crippen LogP contribution in [-0.4, -0.2) is 30.7 Å². The number of nitrogens with zero attached hydrogens (tertiary/aromatic N) is 1. The lowest BCUT2D eigenvalue weighted by atomic mass is 10.1. The molecule has 3 nitrogen and oxygen atoms in total. The van der Waals surface area contributed by atoms with Gasteiger partial charge in [0.05, 0.1) is 0 Å². The molecule has 0 aromatic heterocycles. The Morgan fingerprint density at radius 3 is 2.26 bits per heavy atom. The minimum atomic E-state index is -2.84. The van der Waals surface area contributed by atoms with E-state index in [9.17, 15) is 13.6 Å². The molecule has 0 aliphatic carbocycles. The van der Waals surface area contributed by atoms with Crippen LogP contribution in [0.25, 0.3) is 0 Å². The summed E-state index contributed by atoms with van der Waals surface area (Å²) in [6.07, 6.45) is 1.98. The molecule has 2 rings (SSSR count). The predicted octanol–water partition coefficient (Wildman–Crippen LogP) is 4.28. The molecule has 0 atom stereocenters. The van der Waals surface area contributed by atoms with Crippen molar-refractivity contribution < 1.29 is 18.3 Å². The number of hydrogen-bond acceptors (Lipinski definition) is 3. The summed E-state index contributed by atoms with van der Waals surface area (Å²) in [7, 11) is 1.70. The zero-order valence-corrected chi connectivity index (χ0v) is 13.6. The zero-order valence-electron chi connectivity index (χ0n) is 12.8. The first-order valence-corrected chi connectivity index (χ1v) is 8.15. The van der Waals surface area contributed by atoms with Crippen LogP contribution in [0, 0.1) is 0 Å². The molecule has 0 spiro atoms. The largest absolute Gasteiger partial charge is 0.435 e. The molecule has 6 heteroatoms. The lowest BCUT2D eigenvalue weighted by Gasteiger charge is -2.17. The molecule has 0 heterocycles. The van der Waals surface area contributed by atoms with Gasteiger partial charge in [-0.3, -0.25) is 4.79 Å². The molecule has 23 heavy (non-hydrogen) atoms. The van der Waals surface area contributed by atoms with Crippen LogP contribution in [0.3, 0.4) is 0 Å². The lowest BCUT2D eigenvalue weighted by molar-refractivity contribution is -0.0498. The van der Waals surface area contributed by atoms with Gasteiger partial charge < -0.3 is 9.64 Å². The topological polar surface area (TPSA) is 29.5 Å². The van der Waals surface area contributed by atoms with Gasteiger partial charge in [-0.25, -0.2) is 0 Å². The fourth-order valence-electron chi connectivity index (χ4n) is 2.08. The third-order valence-corrected chi connectivity index (χ3v) is 4.00. The van der Waals surface area contributed by atoms with E-state index in [4.69, 9.17) is 0 Å². The number of alkyl halides is 2. The van der Waals surface area contributed by atoms with E-state index in [1.807, 2.05) is 18.4 Å². The van der Waals surface area contributed by atoms with Gasteiger partial charge in [0.1, 0.15) is 5.75 Å². The van der Waals surface area contributed by atoms with E-state index in [-0.39, 0.29) is 11.7 Å². The second-order valence-corrected chi connectivity index (χ2v) is 5.79. The summed E-state index contributed by atoms with van der Waals surface area (Å²) in [5.41, 5.74) is 1.45. The summed E-state index contributed by atoms with van der Waals surface area (Å²) < 4.78 is 28.5. The summed E-state index contributed by atoms with van der Waals surface area (Å²) in [6.45, 7) is -2.45. The minimum Gasteiger partial charge on any atom is -0.435 e. The number of thioether (sulfide) groups is 1. The van der Waals surface area contributed by atoms with E-state index < -0.39 is 6.61 Å². The molecule has 0 bridgehead atoms. The van der Waals surface area contributed by atoms with Gasteiger partial charge in [0.25, 0.3) is 5.91 Å². The fraction of sp³-hybridized carbons (Fsp3) is 0.235. The van der Waals surface area contributed by atoms with Crippen LogP contribution in [-0.2, 0) is 6.54 Å². The van der Waals surface area contributed by atoms with Gasteiger partial charge in [-0.15, -0.1) is 11.8 Å². The molecule has 0 unspecified atom stereocenters. The Labute approximate surface area is 138 Å². The van der Waals surface area contributed by atoms with Crippen molar-refractivity contribution in [2.75, 3.05) is 13.3 Å². The molecule has 0 aliphatic heterocycles. The van der Waals surface area contributed by atoms with Crippen molar-refractivity contribution in [3.63, 3.8) is 0 Å². The molecule has 122 valence electrons. The van der Waals surface area contributed by atoms with Crippen LogP contribution in [0.4, 0.5) is 8.78 Å². The molecule has 0 radical (unpaired) electrons. The Balaban J connectivity index is 1.99. The van der Waals surface area contributed by atoms with Crippen molar-refractivity contribution in [3.8, 4) is 5.75 Å². The van der Waals surface area contributed by atoms with Crippen LogP contribution in [0.5, 0.6) is 5.75 Å². The molecule has 0 aliphatic rings. The van der Waals surface area contributed by atoms with Crippen LogP contribution >= 0.6 is 11.8 Å². The van der Waals surface area contributed by atoms with Crippen LogP contribution in [0.1, 0.15) is 15.9 Å². The number of carbonyl (C=O) groups is 1. The number of ether oxygens (including phenoxy) is 1. The summed E-state index contributed by atoms with van der Waals surface area (Å²) in [5.74, 6) is 0.0101. The van der Waals surface area contributed by atoms with Gasteiger partial charge >= 0.3 is 6.61 Å². The average molecular weight is 337 g/mol. The first-order chi connectivity index (χ1) is 11.0. The van der Waals surface area contributed by atoms with Gasteiger partial charge in [-0.2, -0.15) is 8.78 Å². The third kappa shape index (κ3) is 4.96. The highest BCUT2D eigenvalue weighted by Crippen LogP contribution is 2.18. The Bertz CT molecular complexity index is 645. The molecule has 0 fully saturated rings. The van der Waals surface area contributed by atoms with E-state index in [1.54, 1.807) is 48.0 Å². The second-order valence-electron chi connectivity index (χ2n) is 4.91. The quantitative estimate of drug-likeness (QED) is 0.737. The van der Waals surface area contributed by atoms with Crippen LogP contribution in [0.2, 0.25) is 0 Å². The van der Waals surface area contributed by atoms with Crippen molar-refractivity contribution >= 4 is 17.7 Å². The van der Waals surface area contributed by atoms with Gasteiger partial charge in [0, 0.05) is 24.1 Å². The minimum absolute atomic E-state index is 0.0921. The maximum absolute atomic E-state index is 12.4. The fourth-order valence-corrected chi connectivity index (χ4v) is 2.48. The highest BCUT2D eigenvalue weighted by atomic mass is 32.2. The van der Waals surface area contributed by atoms with E-state index >= 15 is 0 Å². The Morgan fingerprint density at radius 2 is 1.74 bits per heavy atom.